The molecule has 1 saturated heterocycles. The second-order valence-corrected chi connectivity index (χ2v) is 14.8. The number of unbranched alkanes of at least 4 members (excludes halogenated alkanes) is 1. The Hall–Kier alpha value is -2.88. The number of hydrogen-bond acceptors (Lipinski definition) is 8. The van der Waals surface area contributed by atoms with E-state index in [2.05, 4.69) is 18.5 Å². The Balaban J connectivity index is 2.30. The van der Waals surface area contributed by atoms with Gasteiger partial charge in [0.2, 0.25) is 11.8 Å². The first kappa shape index (κ1) is 40.3. The number of rotatable bonds is 23. The number of allylic oxidation sites excluding steroid dienone is 2. The number of amides is 2. The van der Waals surface area contributed by atoms with Crippen LogP contribution < -0.4 is 9.78 Å². The third kappa shape index (κ3) is 14.0. The minimum absolute atomic E-state index is 0.0105. The van der Waals surface area contributed by atoms with Gasteiger partial charge in [-0.15, -0.1) is 0 Å². The molecule has 0 bridgehead atoms. The number of hydrogen-bond donors (Lipinski definition) is 1. The van der Waals surface area contributed by atoms with E-state index in [0.29, 0.717) is 38.5 Å². The van der Waals surface area contributed by atoms with Gasteiger partial charge in [0, 0.05) is 12.8 Å². The first-order valence-corrected chi connectivity index (χ1v) is 18.2. The number of imide groups is 1. The molecule has 260 valence electrons. The zero-order valence-corrected chi connectivity index (χ0v) is 30.3. The molecule has 1 aromatic rings. The molecule has 10 heteroatoms. The maximum atomic E-state index is 14.0. The Labute approximate surface area is 287 Å². The summed E-state index contributed by atoms with van der Waals surface area (Å²) in [6.45, 7) is 13.4. The molecule has 1 fully saturated rings. The van der Waals surface area contributed by atoms with Crippen LogP contribution in [0.4, 0.5) is 0 Å². The van der Waals surface area contributed by atoms with Gasteiger partial charge in [0.05, 0.1) is 0 Å². The molecule has 0 spiro atoms. The SMILES string of the molecule is C=CCCCC([Se]c1ccccc1)C(=O)O[C@@H](/C(C)=C/[C@H](C)C(=O)CCCC1CC(=O)NC(=O)C1)[C@@H](C)[C@H](OCOC)[C@H](C=C)OC. The van der Waals surface area contributed by atoms with Gasteiger partial charge in [-0.05, 0) is 0 Å². The zero-order chi connectivity index (χ0) is 34.8. The number of methoxy groups -OCH3 is 2. The van der Waals surface area contributed by atoms with Gasteiger partial charge in [0.25, 0.3) is 0 Å². The van der Waals surface area contributed by atoms with Gasteiger partial charge < -0.3 is 0 Å². The van der Waals surface area contributed by atoms with Gasteiger partial charge in [-0.3, -0.25) is 14.9 Å². The number of piperidine rings is 1. The van der Waals surface area contributed by atoms with Crippen LogP contribution in [-0.4, -0.2) is 77.8 Å². The maximum absolute atomic E-state index is 14.0. The molecule has 1 heterocycles. The van der Waals surface area contributed by atoms with Gasteiger partial charge in [-0.25, -0.2) is 0 Å². The fourth-order valence-corrected chi connectivity index (χ4v) is 8.08. The fourth-order valence-electron chi connectivity index (χ4n) is 5.81. The van der Waals surface area contributed by atoms with E-state index >= 15 is 0 Å². The standard InChI is InChI=1S/C37H53NO8Se/c1-8-10-12-20-32(47-29-17-13-11-14-18-29)37(42)46-35(27(5)36(45-24-43-6)31(9-2)44-7)26(4)21-25(3)30(39)19-15-16-28-22-33(40)38-34(41)23-28/h8-9,11,13-14,17-18,21,25,27-28,31-32,35-36H,1-2,10,12,15-16,19-20,22-24H2,3-7H3,(H,38,40,41)/b26-21+/t25-,27+,31-,32?,35-,36-/m0/s1. The minimum atomic E-state index is -0.711. The molecule has 1 aromatic carbocycles. The van der Waals surface area contributed by atoms with Crippen molar-refractivity contribution in [2.45, 2.75) is 95.3 Å². The average Bonchev–Trinajstić information content (AvgIpc) is 3.04. The second-order valence-electron chi connectivity index (χ2n) is 12.1. The summed E-state index contributed by atoms with van der Waals surface area (Å²) in [6, 6.07) is 9.98. The number of Topliss-reactive ketones (excluding diaryl/α,β-unsaturated/α-hetero) is 1. The van der Waals surface area contributed by atoms with Crippen molar-refractivity contribution in [3.05, 3.63) is 67.3 Å². The van der Waals surface area contributed by atoms with Crippen LogP contribution in [0, 0.1) is 17.8 Å². The third-order valence-corrected chi connectivity index (χ3v) is 11.0. The summed E-state index contributed by atoms with van der Waals surface area (Å²) in [7, 11) is 3.11. The molecule has 0 radical (unpaired) electrons. The average molecular weight is 719 g/mol. The number of esters is 1. The molecule has 6 atom stereocenters. The Morgan fingerprint density at radius 1 is 1.06 bits per heavy atom. The van der Waals surface area contributed by atoms with E-state index in [1.54, 1.807) is 13.2 Å². The first-order valence-electron chi connectivity index (χ1n) is 16.4. The van der Waals surface area contributed by atoms with Crippen molar-refractivity contribution in [3.63, 3.8) is 0 Å². The fraction of sp³-hybridized carbons (Fsp3) is 0.568. The Morgan fingerprint density at radius 3 is 2.34 bits per heavy atom. The van der Waals surface area contributed by atoms with Crippen molar-refractivity contribution in [1.29, 1.82) is 0 Å². The van der Waals surface area contributed by atoms with Crippen LogP contribution in [0.2, 0.25) is 4.82 Å². The quantitative estimate of drug-likeness (QED) is 0.0406. The van der Waals surface area contributed by atoms with Crippen molar-refractivity contribution in [1.82, 2.24) is 5.32 Å². The zero-order valence-electron chi connectivity index (χ0n) is 28.6. The third-order valence-electron chi connectivity index (χ3n) is 8.34. The summed E-state index contributed by atoms with van der Waals surface area (Å²) >= 11 is -0.153. The van der Waals surface area contributed by atoms with Gasteiger partial charge in [-0.2, -0.15) is 0 Å². The topological polar surface area (TPSA) is 117 Å². The van der Waals surface area contributed by atoms with E-state index in [9.17, 15) is 19.2 Å². The molecule has 0 aliphatic carbocycles. The van der Waals surface area contributed by atoms with Crippen molar-refractivity contribution < 1.29 is 38.1 Å². The molecular formula is C37H53NO8Se. The van der Waals surface area contributed by atoms with Crippen molar-refractivity contribution in [3.8, 4) is 0 Å². The van der Waals surface area contributed by atoms with Gasteiger partial charge in [0.1, 0.15) is 0 Å². The first-order chi connectivity index (χ1) is 22.5. The summed E-state index contributed by atoms with van der Waals surface area (Å²) in [5, 5.41) is 2.33. The Kier molecular flexibility index (Phi) is 18.8. The molecular weight excluding hydrogens is 665 g/mol. The molecule has 1 N–H and O–H groups in total. The van der Waals surface area contributed by atoms with E-state index in [0.717, 1.165) is 22.9 Å². The molecule has 0 aromatic heterocycles. The summed E-state index contributed by atoms with van der Waals surface area (Å²) < 4.78 is 24.4. The number of carbonyl (C=O) groups is 4. The summed E-state index contributed by atoms with van der Waals surface area (Å²) in [5.41, 5.74) is 0.739. The monoisotopic (exact) mass is 719 g/mol. The van der Waals surface area contributed by atoms with Crippen molar-refractivity contribution in [2.24, 2.45) is 17.8 Å². The van der Waals surface area contributed by atoms with E-state index in [4.69, 9.17) is 18.9 Å². The molecule has 1 aliphatic rings. The molecule has 0 saturated carbocycles. The normalized spacial score (nSPS) is 17.9. The van der Waals surface area contributed by atoms with E-state index in [1.807, 2.05) is 63.3 Å². The molecule has 9 nitrogen and oxygen atoms in total. The molecule has 1 aliphatic heterocycles. The Morgan fingerprint density at radius 2 is 1.74 bits per heavy atom. The van der Waals surface area contributed by atoms with E-state index in [-0.39, 0.29) is 62.0 Å². The predicted molar refractivity (Wildman–Crippen MR) is 184 cm³/mol. The second kappa shape index (κ2) is 21.9. The number of benzene rings is 1. The molecule has 2 rings (SSSR count). The summed E-state index contributed by atoms with van der Waals surface area (Å²) in [4.78, 5) is 50.3. The van der Waals surface area contributed by atoms with Crippen LogP contribution in [-0.2, 0) is 38.1 Å². The molecule has 47 heavy (non-hydrogen) atoms. The molecule has 2 amide bonds. The number of carbonyl (C=O) groups excluding carboxylic acids is 4. The predicted octanol–water partition coefficient (Wildman–Crippen LogP) is 5.27. The van der Waals surface area contributed by atoms with Crippen LogP contribution in [0.3, 0.4) is 0 Å². The molecule has 1 unspecified atom stereocenters. The Bertz CT molecular complexity index is 1190. The summed E-state index contributed by atoms with van der Waals surface area (Å²) in [6.07, 6.45) is 8.06. The van der Waals surface area contributed by atoms with E-state index < -0.39 is 24.2 Å². The van der Waals surface area contributed by atoms with Crippen LogP contribution in [0.25, 0.3) is 0 Å². The van der Waals surface area contributed by atoms with Crippen LogP contribution in [0.15, 0.2) is 67.3 Å². The van der Waals surface area contributed by atoms with Gasteiger partial charge >= 0.3 is 248 Å². The van der Waals surface area contributed by atoms with Crippen molar-refractivity contribution >= 4 is 43.0 Å². The number of nitrogens with one attached hydrogen (secondary N) is 1. The van der Waals surface area contributed by atoms with Crippen LogP contribution in [0.1, 0.15) is 72.1 Å². The van der Waals surface area contributed by atoms with Crippen LogP contribution in [0.5, 0.6) is 0 Å². The summed E-state index contributed by atoms with van der Waals surface area (Å²) in [5.74, 6) is -1.63. The van der Waals surface area contributed by atoms with Gasteiger partial charge in [0.15, 0.2) is 0 Å². The number of ketones is 1. The van der Waals surface area contributed by atoms with Gasteiger partial charge in [-0.1, -0.05) is 0 Å². The van der Waals surface area contributed by atoms with Crippen molar-refractivity contribution in [2.75, 3.05) is 21.0 Å². The number of ether oxygens (including phenoxy) is 4. The van der Waals surface area contributed by atoms with Crippen LogP contribution >= 0.6 is 0 Å². The van der Waals surface area contributed by atoms with E-state index in [1.165, 1.54) is 7.11 Å².